The second-order valence-electron chi connectivity index (χ2n) is 3.77. The molecule has 0 saturated heterocycles. The highest BCUT2D eigenvalue weighted by Crippen LogP contribution is 2.12. The van der Waals surface area contributed by atoms with Crippen LogP contribution in [-0.4, -0.2) is 24.7 Å². The summed E-state index contributed by atoms with van der Waals surface area (Å²) in [5, 5.41) is 12.3. The van der Waals surface area contributed by atoms with Crippen molar-refractivity contribution in [1.82, 2.24) is 9.78 Å². The molecule has 0 amide bonds. The zero-order valence-electron chi connectivity index (χ0n) is 9.65. The quantitative estimate of drug-likeness (QED) is 0.831. The maximum atomic E-state index is 11.1. The van der Waals surface area contributed by atoms with Crippen molar-refractivity contribution >= 4 is 15.7 Å². The van der Waals surface area contributed by atoms with Gasteiger partial charge in [-0.2, -0.15) is 5.10 Å². The van der Waals surface area contributed by atoms with Crippen molar-refractivity contribution in [3.63, 3.8) is 0 Å². The number of primary sulfonamides is 1. The lowest BCUT2D eigenvalue weighted by molar-refractivity contribution is 0.598. The molecule has 0 aliphatic heterocycles. The van der Waals surface area contributed by atoms with Crippen LogP contribution in [-0.2, 0) is 16.6 Å². The van der Waals surface area contributed by atoms with Crippen LogP contribution in [0.25, 0.3) is 0 Å². The largest absolute Gasteiger partial charge is 0.383 e. The molecule has 0 atom stereocenters. The molecule has 0 radical (unpaired) electrons. The van der Waals surface area contributed by atoms with Gasteiger partial charge in [-0.25, -0.2) is 13.6 Å². The van der Waals surface area contributed by atoms with Gasteiger partial charge in [0.2, 0.25) is 10.0 Å². The molecule has 96 valence electrons. The van der Waals surface area contributed by atoms with Crippen molar-refractivity contribution in [1.29, 1.82) is 0 Å². The molecule has 0 aliphatic rings. The topological polar surface area (TPSA) is 90.0 Å². The summed E-state index contributed by atoms with van der Waals surface area (Å²) in [6.45, 7) is 1.44. The first-order valence-corrected chi connectivity index (χ1v) is 6.94. The Balaban J connectivity index is 1.91. The Bertz CT molecular complexity index is 590. The minimum absolute atomic E-state index is 0.111. The van der Waals surface area contributed by atoms with E-state index in [1.165, 1.54) is 12.1 Å². The third-order valence-corrected chi connectivity index (χ3v) is 3.34. The van der Waals surface area contributed by atoms with Gasteiger partial charge in [0.15, 0.2) is 0 Å². The summed E-state index contributed by atoms with van der Waals surface area (Å²) in [5.41, 5.74) is 0.842. The number of aromatic nitrogens is 2. The third-order valence-electron chi connectivity index (χ3n) is 2.41. The Morgan fingerprint density at radius 1 is 1.28 bits per heavy atom. The number of hydrogen-bond donors (Lipinski definition) is 2. The van der Waals surface area contributed by atoms with Gasteiger partial charge in [0.05, 0.1) is 11.4 Å². The Hall–Kier alpha value is -1.86. The van der Waals surface area contributed by atoms with Gasteiger partial charge in [-0.15, -0.1) is 0 Å². The lowest BCUT2D eigenvalue weighted by Crippen LogP contribution is -2.13. The van der Waals surface area contributed by atoms with Crippen LogP contribution in [0.15, 0.2) is 47.6 Å². The molecule has 18 heavy (non-hydrogen) atoms. The molecule has 3 N–H and O–H groups in total. The molecule has 0 aliphatic carbocycles. The van der Waals surface area contributed by atoms with Crippen molar-refractivity contribution in [2.75, 3.05) is 11.9 Å². The summed E-state index contributed by atoms with van der Waals surface area (Å²) < 4.78 is 23.9. The molecule has 1 aromatic heterocycles. The summed E-state index contributed by atoms with van der Waals surface area (Å²) >= 11 is 0. The lowest BCUT2D eigenvalue weighted by atomic mass is 10.3. The van der Waals surface area contributed by atoms with Crippen LogP contribution in [0.2, 0.25) is 0 Å². The van der Waals surface area contributed by atoms with Crippen LogP contribution in [0.3, 0.4) is 0 Å². The van der Waals surface area contributed by atoms with Crippen molar-refractivity contribution in [2.45, 2.75) is 11.4 Å². The zero-order valence-corrected chi connectivity index (χ0v) is 10.5. The fourth-order valence-electron chi connectivity index (χ4n) is 1.51. The van der Waals surface area contributed by atoms with Gasteiger partial charge in [-0.05, 0) is 30.3 Å². The summed E-state index contributed by atoms with van der Waals surface area (Å²) in [5.74, 6) is 0. The number of benzene rings is 1. The average Bonchev–Trinajstić information content (AvgIpc) is 2.82. The number of nitrogens with zero attached hydrogens (tertiary/aromatic N) is 2. The van der Waals surface area contributed by atoms with Crippen LogP contribution >= 0.6 is 0 Å². The smallest absolute Gasteiger partial charge is 0.238 e. The Kier molecular flexibility index (Phi) is 3.63. The molecule has 6 nitrogen and oxygen atoms in total. The van der Waals surface area contributed by atoms with Crippen LogP contribution in [0.5, 0.6) is 0 Å². The van der Waals surface area contributed by atoms with Gasteiger partial charge in [0.1, 0.15) is 0 Å². The van der Waals surface area contributed by atoms with E-state index in [9.17, 15) is 8.42 Å². The van der Waals surface area contributed by atoms with E-state index >= 15 is 0 Å². The summed E-state index contributed by atoms with van der Waals surface area (Å²) in [6.07, 6.45) is 3.60. The van der Waals surface area contributed by atoms with Crippen LogP contribution in [0, 0.1) is 0 Å². The standard InChI is InChI=1S/C11H14N4O2S/c12-18(16,17)11-4-2-10(3-5-11)13-7-9-15-8-1-6-14-15/h1-6,8,13H,7,9H2,(H2,12,16,17). The van der Waals surface area contributed by atoms with Crippen LogP contribution < -0.4 is 10.5 Å². The van der Waals surface area contributed by atoms with Gasteiger partial charge in [-0.1, -0.05) is 0 Å². The molecule has 2 aromatic rings. The molecule has 1 heterocycles. The highest BCUT2D eigenvalue weighted by atomic mass is 32.2. The first kappa shape index (κ1) is 12.6. The molecule has 0 bridgehead atoms. The van der Waals surface area contributed by atoms with Crippen LogP contribution in [0.1, 0.15) is 0 Å². The molecule has 0 saturated carbocycles. The molecule has 2 rings (SSSR count). The fraction of sp³-hybridized carbons (Fsp3) is 0.182. The second kappa shape index (κ2) is 5.19. The van der Waals surface area contributed by atoms with E-state index < -0.39 is 10.0 Å². The minimum Gasteiger partial charge on any atom is -0.383 e. The van der Waals surface area contributed by atoms with E-state index in [1.54, 1.807) is 18.3 Å². The number of nitrogens with one attached hydrogen (secondary N) is 1. The zero-order chi connectivity index (χ0) is 13.0. The van der Waals surface area contributed by atoms with Crippen molar-refractivity contribution in [3.8, 4) is 0 Å². The average molecular weight is 266 g/mol. The Labute approximate surface area is 105 Å². The molecule has 0 spiro atoms. The van der Waals surface area contributed by atoms with E-state index in [0.29, 0.717) is 6.54 Å². The highest BCUT2D eigenvalue weighted by molar-refractivity contribution is 7.89. The summed E-state index contributed by atoms with van der Waals surface area (Å²) in [6, 6.07) is 8.18. The van der Waals surface area contributed by atoms with E-state index in [4.69, 9.17) is 5.14 Å². The first-order valence-electron chi connectivity index (χ1n) is 5.40. The summed E-state index contributed by atoms with van der Waals surface area (Å²) in [4.78, 5) is 0.111. The number of hydrogen-bond acceptors (Lipinski definition) is 4. The van der Waals surface area contributed by atoms with Gasteiger partial charge in [0.25, 0.3) is 0 Å². The maximum Gasteiger partial charge on any atom is 0.238 e. The third kappa shape index (κ3) is 3.31. The highest BCUT2D eigenvalue weighted by Gasteiger charge is 2.06. The second-order valence-corrected chi connectivity index (χ2v) is 5.33. The maximum absolute atomic E-state index is 11.1. The molecular formula is C11H14N4O2S. The first-order chi connectivity index (χ1) is 8.55. The Morgan fingerprint density at radius 2 is 2.00 bits per heavy atom. The van der Waals surface area contributed by atoms with Gasteiger partial charge in [-0.3, -0.25) is 4.68 Å². The number of sulfonamides is 1. The minimum atomic E-state index is -3.62. The van der Waals surface area contributed by atoms with E-state index in [-0.39, 0.29) is 4.90 Å². The Morgan fingerprint density at radius 3 is 2.56 bits per heavy atom. The monoisotopic (exact) mass is 266 g/mol. The van der Waals surface area contributed by atoms with Gasteiger partial charge < -0.3 is 5.32 Å². The predicted octanol–water partition coefficient (Wildman–Crippen LogP) is 0.643. The molecule has 0 fully saturated rings. The summed E-state index contributed by atoms with van der Waals surface area (Å²) in [7, 11) is -3.62. The lowest BCUT2D eigenvalue weighted by Gasteiger charge is -2.07. The van der Waals surface area contributed by atoms with Gasteiger partial charge in [0, 0.05) is 24.6 Å². The van der Waals surface area contributed by atoms with E-state index in [2.05, 4.69) is 10.4 Å². The molecule has 1 aromatic carbocycles. The van der Waals surface area contributed by atoms with E-state index in [1.807, 2.05) is 16.9 Å². The van der Waals surface area contributed by atoms with Crippen molar-refractivity contribution in [3.05, 3.63) is 42.7 Å². The number of rotatable bonds is 5. The number of nitrogens with two attached hydrogens (primary N) is 1. The molecule has 7 heteroatoms. The molecular weight excluding hydrogens is 252 g/mol. The van der Waals surface area contributed by atoms with E-state index in [0.717, 1.165) is 12.2 Å². The fourth-order valence-corrected chi connectivity index (χ4v) is 2.03. The van der Waals surface area contributed by atoms with Crippen molar-refractivity contribution < 1.29 is 8.42 Å². The predicted molar refractivity (Wildman–Crippen MR) is 68.5 cm³/mol. The normalized spacial score (nSPS) is 11.4. The molecule has 0 unspecified atom stereocenters. The number of anilines is 1. The van der Waals surface area contributed by atoms with Gasteiger partial charge >= 0.3 is 0 Å². The SMILES string of the molecule is NS(=O)(=O)c1ccc(NCCn2cccn2)cc1. The van der Waals surface area contributed by atoms with Crippen LogP contribution in [0.4, 0.5) is 5.69 Å². The van der Waals surface area contributed by atoms with Crippen molar-refractivity contribution in [2.24, 2.45) is 5.14 Å².